The van der Waals surface area contributed by atoms with Crippen molar-refractivity contribution in [3.63, 3.8) is 0 Å². The third-order valence-electron chi connectivity index (χ3n) is 6.55. The van der Waals surface area contributed by atoms with Crippen molar-refractivity contribution >= 4 is 48.8 Å². The van der Waals surface area contributed by atoms with E-state index >= 15 is 0 Å². The Bertz CT molecular complexity index is 1300. The Kier molecular flexibility index (Phi) is 4.75. The van der Waals surface area contributed by atoms with Gasteiger partial charge in [-0.15, -0.1) is 0 Å². The van der Waals surface area contributed by atoms with E-state index in [9.17, 15) is 0 Å². The zero-order valence-electron chi connectivity index (χ0n) is 17.3. The summed E-state index contributed by atoms with van der Waals surface area (Å²) in [6.07, 6.45) is 9.08. The highest BCUT2D eigenvalue weighted by molar-refractivity contribution is 6.35. The topological polar surface area (TPSA) is 26.0 Å². The summed E-state index contributed by atoms with van der Waals surface area (Å²) >= 11 is 0. The molecule has 0 aliphatic rings. The summed E-state index contributed by atoms with van der Waals surface area (Å²) in [5.74, 6) is 0. The molecule has 0 amide bonds. The van der Waals surface area contributed by atoms with Gasteiger partial charge in [-0.3, -0.25) is 0 Å². The first kappa shape index (κ1) is 18.2. The van der Waals surface area contributed by atoms with E-state index in [0.717, 1.165) is 12.1 Å². The average molecular weight is 380 g/mol. The van der Waals surface area contributed by atoms with Gasteiger partial charge in [0, 0.05) is 11.1 Å². The lowest BCUT2D eigenvalue weighted by Gasteiger charge is -2.18. The minimum absolute atomic E-state index is 0.899. The highest BCUT2D eigenvalue weighted by Gasteiger charge is 2.16. The maximum Gasteiger partial charge on any atom is 0.0400 e. The molecule has 29 heavy (non-hydrogen) atoms. The third-order valence-corrected chi connectivity index (χ3v) is 6.55. The molecule has 2 N–H and O–H groups in total. The van der Waals surface area contributed by atoms with Crippen LogP contribution in [0.15, 0.2) is 60.7 Å². The standard InChI is InChI=1S/C28H29N/c1-2-3-4-5-6-7-10-21-16-15-19-11-8-13-22-23-14-9-12-20-17-18-24(29)28(26(20)23)27(21)25(19)22/h8-9,11-18H,2-7,10,29H2,1H3. The van der Waals surface area contributed by atoms with Crippen LogP contribution in [0.4, 0.5) is 5.69 Å². The zero-order valence-corrected chi connectivity index (χ0v) is 17.3. The molecule has 0 radical (unpaired) electrons. The number of rotatable bonds is 7. The molecule has 1 heteroatoms. The van der Waals surface area contributed by atoms with Crippen LogP contribution in [-0.2, 0) is 6.42 Å². The second kappa shape index (κ2) is 7.55. The lowest BCUT2D eigenvalue weighted by atomic mass is 9.86. The van der Waals surface area contributed by atoms with Gasteiger partial charge in [0.05, 0.1) is 0 Å². The fourth-order valence-electron chi connectivity index (χ4n) is 5.13. The van der Waals surface area contributed by atoms with Crippen LogP contribution < -0.4 is 5.73 Å². The predicted molar refractivity (Wildman–Crippen MR) is 129 cm³/mol. The number of benzene rings is 5. The molecule has 5 aromatic rings. The van der Waals surface area contributed by atoms with Gasteiger partial charge in [0.25, 0.3) is 0 Å². The molecular formula is C28H29N. The molecule has 0 aliphatic carbocycles. The van der Waals surface area contributed by atoms with Crippen molar-refractivity contribution in [3.8, 4) is 0 Å². The van der Waals surface area contributed by atoms with E-state index in [1.54, 1.807) is 0 Å². The Morgan fingerprint density at radius 1 is 0.586 bits per heavy atom. The van der Waals surface area contributed by atoms with Crippen LogP contribution in [-0.4, -0.2) is 0 Å². The van der Waals surface area contributed by atoms with Crippen molar-refractivity contribution in [3.05, 3.63) is 66.2 Å². The van der Waals surface area contributed by atoms with E-state index in [1.165, 1.54) is 87.2 Å². The van der Waals surface area contributed by atoms with E-state index in [0.29, 0.717) is 0 Å². The number of fused-ring (bicyclic) bond motifs is 2. The molecule has 0 aliphatic heterocycles. The third kappa shape index (κ3) is 3.00. The van der Waals surface area contributed by atoms with Crippen molar-refractivity contribution in [2.24, 2.45) is 0 Å². The van der Waals surface area contributed by atoms with Gasteiger partial charge in [0.2, 0.25) is 0 Å². The van der Waals surface area contributed by atoms with Crippen molar-refractivity contribution in [1.82, 2.24) is 0 Å². The van der Waals surface area contributed by atoms with Crippen molar-refractivity contribution in [2.45, 2.75) is 51.9 Å². The highest BCUT2D eigenvalue weighted by atomic mass is 14.6. The van der Waals surface area contributed by atoms with Gasteiger partial charge in [-0.1, -0.05) is 93.6 Å². The van der Waals surface area contributed by atoms with Crippen LogP contribution >= 0.6 is 0 Å². The first-order chi connectivity index (χ1) is 14.3. The fourth-order valence-corrected chi connectivity index (χ4v) is 5.13. The van der Waals surface area contributed by atoms with Gasteiger partial charge in [0.15, 0.2) is 0 Å². The summed E-state index contributed by atoms with van der Waals surface area (Å²) in [6.45, 7) is 2.28. The predicted octanol–water partition coefficient (Wildman–Crippen LogP) is 8.22. The van der Waals surface area contributed by atoms with E-state index in [1.807, 2.05) is 0 Å². The average Bonchev–Trinajstić information content (AvgIpc) is 2.75. The van der Waals surface area contributed by atoms with Crippen LogP contribution in [0.2, 0.25) is 0 Å². The summed E-state index contributed by atoms with van der Waals surface area (Å²) in [4.78, 5) is 0. The maximum absolute atomic E-state index is 6.61. The summed E-state index contributed by atoms with van der Waals surface area (Å²) in [7, 11) is 0. The van der Waals surface area contributed by atoms with Gasteiger partial charge in [-0.2, -0.15) is 0 Å². The Hall–Kier alpha value is -2.80. The molecule has 0 atom stereocenters. The lowest BCUT2D eigenvalue weighted by Crippen LogP contribution is -1.96. The van der Waals surface area contributed by atoms with E-state index < -0.39 is 0 Å². The number of nitrogens with two attached hydrogens (primary N) is 1. The molecule has 0 fully saturated rings. The minimum Gasteiger partial charge on any atom is -0.398 e. The van der Waals surface area contributed by atoms with Crippen molar-refractivity contribution in [1.29, 1.82) is 0 Å². The Labute approximate surface area is 172 Å². The van der Waals surface area contributed by atoms with Crippen LogP contribution in [0, 0.1) is 0 Å². The number of anilines is 1. The second-order valence-electron chi connectivity index (χ2n) is 8.45. The van der Waals surface area contributed by atoms with Crippen LogP contribution in [0.1, 0.15) is 51.0 Å². The first-order valence-electron chi connectivity index (χ1n) is 11.2. The molecule has 0 bridgehead atoms. The molecule has 5 rings (SSSR count). The highest BCUT2D eigenvalue weighted by Crippen LogP contribution is 2.43. The molecule has 0 spiro atoms. The SMILES string of the molecule is CCCCCCCCc1ccc2cccc3c4cccc5ccc(N)c(c1c23)c54. The first-order valence-corrected chi connectivity index (χ1v) is 11.2. The van der Waals surface area contributed by atoms with Gasteiger partial charge in [0.1, 0.15) is 0 Å². The minimum atomic E-state index is 0.899. The molecule has 0 heterocycles. The summed E-state index contributed by atoms with van der Waals surface area (Å²) in [6, 6.07) is 22.2. The number of aryl methyl sites for hydroxylation is 1. The van der Waals surface area contributed by atoms with Crippen molar-refractivity contribution in [2.75, 3.05) is 5.73 Å². The van der Waals surface area contributed by atoms with E-state index in [-0.39, 0.29) is 0 Å². The smallest absolute Gasteiger partial charge is 0.0400 e. The fraction of sp³-hybridized carbons (Fsp3) is 0.286. The Morgan fingerprint density at radius 3 is 1.93 bits per heavy atom. The van der Waals surface area contributed by atoms with Gasteiger partial charge < -0.3 is 5.73 Å². The van der Waals surface area contributed by atoms with Crippen LogP contribution in [0.25, 0.3) is 43.1 Å². The van der Waals surface area contributed by atoms with E-state index in [4.69, 9.17) is 5.73 Å². The number of unbranched alkanes of at least 4 members (excludes halogenated alkanes) is 5. The molecule has 1 nitrogen and oxygen atoms in total. The molecular weight excluding hydrogens is 350 g/mol. The van der Waals surface area contributed by atoms with Crippen LogP contribution in [0.3, 0.4) is 0 Å². The monoisotopic (exact) mass is 379 g/mol. The number of nitrogen functional groups attached to an aromatic ring is 1. The molecule has 0 aromatic heterocycles. The number of hydrogen-bond donors (Lipinski definition) is 1. The molecule has 0 unspecified atom stereocenters. The molecule has 0 saturated heterocycles. The summed E-state index contributed by atoms with van der Waals surface area (Å²) < 4.78 is 0. The largest absolute Gasteiger partial charge is 0.398 e. The molecule has 0 saturated carbocycles. The number of hydrogen-bond acceptors (Lipinski definition) is 1. The lowest BCUT2D eigenvalue weighted by molar-refractivity contribution is 0.608. The Balaban J connectivity index is 1.73. The summed E-state index contributed by atoms with van der Waals surface area (Å²) in [5, 5.41) is 10.6. The van der Waals surface area contributed by atoms with Gasteiger partial charge in [-0.05, 0) is 62.2 Å². The van der Waals surface area contributed by atoms with E-state index in [2.05, 4.69) is 67.6 Å². The van der Waals surface area contributed by atoms with Crippen LogP contribution in [0.5, 0.6) is 0 Å². The Morgan fingerprint density at radius 2 is 1.21 bits per heavy atom. The molecule has 5 aromatic carbocycles. The van der Waals surface area contributed by atoms with Gasteiger partial charge >= 0.3 is 0 Å². The van der Waals surface area contributed by atoms with Gasteiger partial charge in [-0.25, -0.2) is 0 Å². The quantitative estimate of drug-likeness (QED) is 0.131. The normalized spacial score (nSPS) is 12.0. The summed E-state index contributed by atoms with van der Waals surface area (Å²) in [5.41, 5.74) is 8.96. The second-order valence-corrected chi connectivity index (χ2v) is 8.45. The maximum atomic E-state index is 6.61. The zero-order chi connectivity index (χ0) is 19.8. The van der Waals surface area contributed by atoms with Crippen molar-refractivity contribution < 1.29 is 0 Å². The molecule has 146 valence electrons.